The summed E-state index contributed by atoms with van der Waals surface area (Å²) in [6, 6.07) is 5.91. The first-order valence-electron chi connectivity index (χ1n) is 5.23. The lowest BCUT2D eigenvalue weighted by molar-refractivity contribution is 0.0695. The molecule has 0 saturated heterocycles. The average Bonchev–Trinajstić information content (AvgIpc) is 2.37. The van der Waals surface area contributed by atoms with Gasteiger partial charge in [-0.25, -0.2) is 13.6 Å². The molecule has 0 fully saturated rings. The summed E-state index contributed by atoms with van der Waals surface area (Å²) in [5.41, 5.74) is -0.507. The van der Waals surface area contributed by atoms with Crippen molar-refractivity contribution in [1.82, 2.24) is 0 Å². The van der Waals surface area contributed by atoms with E-state index in [1.54, 1.807) is 6.07 Å². The van der Waals surface area contributed by atoms with Gasteiger partial charge in [0, 0.05) is 4.47 Å². The summed E-state index contributed by atoms with van der Waals surface area (Å²) in [6.07, 6.45) is 0. The molecule has 0 spiro atoms. The summed E-state index contributed by atoms with van der Waals surface area (Å²) in [4.78, 5) is 10.7. The number of benzene rings is 2. The minimum atomic E-state index is -1.44. The Morgan fingerprint density at radius 2 is 1.80 bits per heavy atom. The Labute approximate surface area is 125 Å². The molecule has 0 radical (unpaired) electrons. The third-order valence-corrected chi connectivity index (χ3v) is 3.16. The zero-order valence-electron chi connectivity index (χ0n) is 9.66. The van der Waals surface area contributed by atoms with E-state index in [-0.39, 0.29) is 10.8 Å². The van der Waals surface area contributed by atoms with Crippen LogP contribution in [0.1, 0.15) is 10.4 Å². The summed E-state index contributed by atoms with van der Waals surface area (Å²) >= 11 is 9.02. The highest BCUT2D eigenvalue weighted by atomic mass is 79.9. The topological polar surface area (TPSA) is 46.5 Å². The highest BCUT2D eigenvalue weighted by molar-refractivity contribution is 9.10. The Bertz CT molecular complexity index is 668. The molecule has 0 unspecified atom stereocenters. The third-order valence-electron chi connectivity index (χ3n) is 2.35. The van der Waals surface area contributed by atoms with Gasteiger partial charge in [-0.3, -0.25) is 0 Å². The largest absolute Gasteiger partial charge is 0.478 e. The summed E-state index contributed by atoms with van der Waals surface area (Å²) in [5, 5.41) is 8.85. The molecule has 0 amide bonds. The molecule has 0 heterocycles. The van der Waals surface area contributed by atoms with E-state index in [4.69, 9.17) is 21.4 Å². The quantitative estimate of drug-likeness (QED) is 0.846. The van der Waals surface area contributed by atoms with Crippen molar-refractivity contribution in [3.05, 3.63) is 57.0 Å². The van der Waals surface area contributed by atoms with Crippen LogP contribution in [-0.2, 0) is 0 Å². The van der Waals surface area contributed by atoms with Crippen LogP contribution in [0.4, 0.5) is 8.78 Å². The van der Waals surface area contributed by atoms with Gasteiger partial charge in [0.25, 0.3) is 0 Å². The van der Waals surface area contributed by atoms with Gasteiger partial charge in [-0.1, -0.05) is 27.5 Å². The van der Waals surface area contributed by atoms with Crippen molar-refractivity contribution in [2.75, 3.05) is 0 Å². The number of carboxylic acids is 1. The van der Waals surface area contributed by atoms with E-state index in [2.05, 4.69) is 15.9 Å². The molecule has 0 saturated carbocycles. The van der Waals surface area contributed by atoms with Crippen molar-refractivity contribution in [3.8, 4) is 11.5 Å². The molecule has 0 bridgehead atoms. The van der Waals surface area contributed by atoms with Crippen molar-refractivity contribution in [2.24, 2.45) is 0 Å². The second kappa shape index (κ2) is 5.76. The number of carboxylic acid groups (broad SMARTS) is 1. The Balaban J connectivity index is 2.44. The second-order valence-corrected chi connectivity index (χ2v) is 5.07. The van der Waals surface area contributed by atoms with Crippen molar-refractivity contribution in [1.29, 1.82) is 0 Å². The smallest absolute Gasteiger partial charge is 0.335 e. The first-order chi connectivity index (χ1) is 9.38. The molecule has 104 valence electrons. The van der Waals surface area contributed by atoms with Crippen molar-refractivity contribution in [3.63, 3.8) is 0 Å². The molecule has 7 heteroatoms. The van der Waals surface area contributed by atoms with Crippen LogP contribution in [0.3, 0.4) is 0 Å². The summed E-state index contributed by atoms with van der Waals surface area (Å²) < 4.78 is 33.1. The van der Waals surface area contributed by atoms with Gasteiger partial charge in [0.15, 0.2) is 17.4 Å². The SMILES string of the molecule is O=C(O)c1cc(F)c(Oc2cc(Br)ccc2Cl)c(F)c1. The van der Waals surface area contributed by atoms with Crippen LogP contribution in [0.15, 0.2) is 34.8 Å². The van der Waals surface area contributed by atoms with Gasteiger partial charge in [0.2, 0.25) is 0 Å². The Morgan fingerprint density at radius 3 is 2.35 bits per heavy atom. The molecule has 1 N–H and O–H groups in total. The van der Waals surface area contributed by atoms with E-state index in [1.807, 2.05) is 0 Å². The van der Waals surface area contributed by atoms with Crippen LogP contribution in [-0.4, -0.2) is 11.1 Å². The molecule has 0 aliphatic carbocycles. The first kappa shape index (κ1) is 14.7. The maximum absolute atomic E-state index is 13.7. The van der Waals surface area contributed by atoms with Crippen LogP contribution in [0.2, 0.25) is 5.02 Å². The van der Waals surface area contributed by atoms with Gasteiger partial charge in [0.05, 0.1) is 10.6 Å². The van der Waals surface area contributed by atoms with Gasteiger partial charge >= 0.3 is 5.97 Å². The highest BCUT2D eigenvalue weighted by Gasteiger charge is 2.17. The van der Waals surface area contributed by atoms with E-state index in [9.17, 15) is 13.6 Å². The maximum atomic E-state index is 13.7. The lowest BCUT2D eigenvalue weighted by Gasteiger charge is -2.10. The fraction of sp³-hybridized carbons (Fsp3) is 0. The molecule has 2 aromatic carbocycles. The summed E-state index contributed by atoms with van der Waals surface area (Å²) in [5.74, 6) is -4.36. The highest BCUT2D eigenvalue weighted by Crippen LogP contribution is 2.34. The minimum absolute atomic E-state index is 0.0434. The van der Waals surface area contributed by atoms with Crippen LogP contribution >= 0.6 is 27.5 Å². The van der Waals surface area contributed by atoms with E-state index in [0.29, 0.717) is 16.6 Å². The van der Waals surface area contributed by atoms with Crippen LogP contribution in [0.5, 0.6) is 11.5 Å². The number of aromatic carboxylic acids is 1. The van der Waals surface area contributed by atoms with Gasteiger partial charge in [-0.2, -0.15) is 0 Å². The lowest BCUT2D eigenvalue weighted by atomic mass is 10.2. The van der Waals surface area contributed by atoms with E-state index < -0.39 is 28.9 Å². The molecular weight excluding hydrogens is 357 g/mol. The molecule has 0 atom stereocenters. The normalized spacial score (nSPS) is 10.4. The predicted molar refractivity (Wildman–Crippen MR) is 72.5 cm³/mol. The van der Waals surface area contributed by atoms with Crippen LogP contribution in [0.25, 0.3) is 0 Å². The molecule has 0 aliphatic heterocycles. The maximum Gasteiger partial charge on any atom is 0.335 e. The fourth-order valence-corrected chi connectivity index (χ4v) is 1.94. The standard InChI is InChI=1S/C13H6BrClF2O3/c14-7-1-2-8(15)11(5-7)20-12-9(16)3-6(13(18)19)4-10(12)17/h1-5H,(H,18,19). The summed E-state index contributed by atoms with van der Waals surface area (Å²) in [6.45, 7) is 0. The average molecular weight is 364 g/mol. The Kier molecular flexibility index (Phi) is 4.25. The fourth-order valence-electron chi connectivity index (χ4n) is 1.45. The molecule has 2 rings (SSSR count). The molecular formula is C13H6BrClF2O3. The number of carbonyl (C=O) groups is 1. The number of rotatable bonds is 3. The number of halogens is 4. The van der Waals surface area contributed by atoms with Crippen molar-refractivity contribution < 1.29 is 23.4 Å². The molecule has 0 aliphatic rings. The predicted octanol–water partition coefficient (Wildman–Crippen LogP) is 4.87. The molecule has 3 nitrogen and oxygen atoms in total. The molecule has 20 heavy (non-hydrogen) atoms. The zero-order chi connectivity index (χ0) is 14.9. The number of hydrogen-bond donors (Lipinski definition) is 1. The van der Waals surface area contributed by atoms with Gasteiger partial charge in [-0.15, -0.1) is 0 Å². The van der Waals surface area contributed by atoms with Crippen molar-refractivity contribution in [2.45, 2.75) is 0 Å². The van der Waals surface area contributed by atoms with Crippen molar-refractivity contribution >= 4 is 33.5 Å². The van der Waals surface area contributed by atoms with Gasteiger partial charge in [-0.05, 0) is 30.3 Å². The van der Waals surface area contributed by atoms with E-state index >= 15 is 0 Å². The minimum Gasteiger partial charge on any atom is -0.478 e. The van der Waals surface area contributed by atoms with Crippen LogP contribution < -0.4 is 4.74 Å². The lowest BCUT2D eigenvalue weighted by Crippen LogP contribution is -2.01. The van der Waals surface area contributed by atoms with E-state index in [0.717, 1.165) is 0 Å². The molecule has 0 aromatic heterocycles. The zero-order valence-corrected chi connectivity index (χ0v) is 12.0. The monoisotopic (exact) mass is 362 g/mol. The number of ether oxygens (including phenoxy) is 1. The van der Waals surface area contributed by atoms with Crippen LogP contribution in [0, 0.1) is 11.6 Å². The third kappa shape index (κ3) is 3.08. The van der Waals surface area contributed by atoms with Gasteiger partial charge in [0.1, 0.15) is 5.75 Å². The first-order valence-corrected chi connectivity index (χ1v) is 6.41. The summed E-state index contributed by atoms with van der Waals surface area (Å²) in [7, 11) is 0. The number of hydrogen-bond acceptors (Lipinski definition) is 2. The van der Waals surface area contributed by atoms with Gasteiger partial charge < -0.3 is 9.84 Å². The molecule has 2 aromatic rings. The van der Waals surface area contributed by atoms with E-state index in [1.165, 1.54) is 12.1 Å². The Morgan fingerprint density at radius 1 is 1.20 bits per heavy atom. The Hall–Kier alpha value is -1.66. The second-order valence-electron chi connectivity index (χ2n) is 3.75.